The number of rotatable bonds is 11. The third-order valence-corrected chi connectivity index (χ3v) is 3.61. The summed E-state index contributed by atoms with van der Waals surface area (Å²) in [5, 5.41) is 9.20. The van der Waals surface area contributed by atoms with E-state index in [1.54, 1.807) is 12.1 Å². The fourth-order valence-electron chi connectivity index (χ4n) is 2.23. The van der Waals surface area contributed by atoms with Gasteiger partial charge in [-0.3, -0.25) is 0 Å². The molecule has 0 aliphatic rings. The van der Waals surface area contributed by atoms with Crippen LogP contribution in [0.15, 0.2) is 24.3 Å². The van der Waals surface area contributed by atoms with E-state index in [1.807, 2.05) is 0 Å². The molecule has 0 fully saturated rings. The van der Waals surface area contributed by atoms with E-state index in [1.165, 1.54) is 37.8 Å². The van der Waals surface area contributed by atoms with Gasteiger partial charge in [-0.25, -0.2) is 4.79 Å². The number of carbonyl (C=O) groups is 1. The van der Waals surface area contributed by atoms with Gasteiger partial charge in [0, 0.05) is 6.54 Å². The zero-order chi connectivity index (χ0) is 16.2. The van der Waals surface area contributed by atoms with Crippen LogP contribution in [0, 0.1) is 0 Å². The summed E-state index contributed by atoms with van der Waals surface area (Å²) < 4.78 is 5.28. The number of esters is 1. The van der Waals surface area contributed by atoms with Crippen LogP contribution in [0.3, 0.4) is 0 Å². The maximum absolute atomic E-state index is 11.8. The van der Waals surface area contributed by atoms with Crippen LogP contribution < -0.4 is 0 Å². The number of ether oxygens (including phenoxy) is 1. The SMILES string of the molecule is CCCCN(CCCC)CCCOC(=O)c1ccc(O)cc1.Cl. The molecule has 4 nitrogen and oxygen atoms in total. The van der Waals surface area contributed by atoms with Crippen molar-refractivity contribution in [1.82, 2.24) is 4.90 Å². The van der Waals surface area contributed by atoms with Gasteiger partial charge in [0.1, 0.15) is 5.75 Å². The molecular weight excluding hydrogens is 314 g/mol. The first-order chi connectivity index (χ1) is 10.7. The fourth-order valence-corrected chi connectivity index (χ4v) is 2.23. The van der Waals surface area contributed by atoms with Crippen molar-refractivity contribution in [3.05, 3.63) is 29.8 Å². The molecule has 0 aromatic heterocycles. The van der Waals surface area contributed by atoms with E-state index in [2.05, 4.69) is 18.7 Å². The van der Waals surface area contributed by atoms with Crippen LogP contribution in [0.5, 0.6) is 5.75 Å². The molecule has 5 heteroatoms. The molecule has 0 radical (unpaired) electrons. The molecule has 1 rings (SSSR count). The number of nitrogens with zero attached hydrogens (tertiary/aromatic N) is 1. The molecule has 0 heterocycles. The van der Waals surface area contributed by atoms with Crippen molar-refractivity contribution in [2.75, 3.05) is 26.2 Å². The van der Waals surface area contributed by atoms with E-state index in [-0.39, 0.29) is 24.1 Å². The molecule has 0 aliphatic carbocycles. The molecule has 1 aromatic carbocycles. The highest BCUT2D eigenvalue weighted by molar-refractivity contribution is 5.89. The fraction of sp³-hybridized carbons (Fsp3) is 0.611. The summed E-state index contributed by atoms with van der Waals surface area (Å²) in [6.45, 7) is 8.08. The zero-order valence-corrected chi connectivity index (χ0v) is 15.1. The van der Waals surface area contributed by atoms with Crippen LogP contribution in [0.25, 0.3) is 0 Å². The Labute approximate surface area is 146 Å². The van der Waals surface area contributed by atoms with Gasteiger partial charge in [-0.05, 0) is 56.6 Å². The number of carbonyl (C=O) groups excluding carboxylic acids is 1. The molecular formula is C18H30ClNO3. The molecule has 1 N–H and O–H groups in total. The van der Waals surface area contributed by atoms with Gasteiger partial charge < -0.3 is 14.7 Å². The average Bonchev–Trinajstić information content (AvgIpc) is 2.53. The summed E-state index contributed by atoms with van der Waals surface area (Å²) in [7, 11) is 0. The van der Waals surface area contributed by atoms with Gasteiger partial charge in [0.2, 0.25) is 0 Å². The van der Waals surface area contributed by atoms with Gasteiger partial charge in [0.15, 0.2) is 0 Å². The largest absolute Gasteiger partial charge is 0.508 e. The summed E-state index contributed by atoms with van der Waals surface area (Å²) in [5.41, 5.74) is 0.478. The summed E-state index contributed by atoms with van der Waals surface area (Å²) in [6, 6.07) is 6.14. The smallest absolute Gasteiger partial charge is 0.338 e. The van der Waals surface area contributed by atoms with Gasteiger partial charge in [-0.15, -0.1) is 12.4 Å². The second-order valence-electron chi connectivity index (χ2n) is 5.59. The number of aromatic hydroxyl groups is 1. The number of hydrogen-bond acceptors (Lipinski definition) is 4. The predicted molar refractivity (Wildman–Crippen MR) is 96.5 cm³/mol. The Morgan fingerprint density at radius 3 is 2.04 bits per heavy atom. The summed E-state index contributed by atoms with van der Waals surface area (Å²) in [4.78, 5) is 14.3. The van der Waals surface area contributed by atoms with Crippen molar-refractivity contribution in [2.45, 2.75) is 46.0 Å². The average molecular weight is 344 g/mol. The molecule has 0 saturated carbocycles. The zero-order valence-electron chi connectivity index (χ0n) is 14.3. The van der Waals surface area contributed by atoms with Crippen LogP contribution in [-0.4, -0.2) is 42.2 Å². The maximum Gasteiger partial charge on any atom is 0.338 e. The topological polar surface area (TPSA) is 49.8 Å². The Balaban J connectivity index is 0.00000484. The molecule has 0 aliphatic heterocycles. The van der Waals surface area contributed by atoms with Crippen molar-refractivity contribution in [3.8, 4) is 5.75 Å². The summed E-state index contributed by atoms with van der Waals surface area (Å²) in [5.74, 6) is -0.173. The lowest BCUT2D eigenvalue weighted by Gasteiger charge is -2.21. The van der Waals surface area contributed by atoms with E-state index in [0.717, 1.165) is 26.1 Å². The highest BCUT2D eigenvalue weighted by Crippen LogP contribution is 2.10. The molecule has 0 amide bonds. The minimum absolute atomic E-state index is 0. The second kappa shape index (κ2) is 13.2. The number of benzene rings is 1. The summed E-state index contributed by atoms with van der Waals surface area (Å²) in [6.07, 6.45) is 5.71. The van der Waals surface area contributed by atoms with Crippen LogP contribution in [0.2, 0.25) is 0 Å². The Morgan fingerprint density at radius 1 is 1.00 bits per heavy atom. The Hall–Kier alpha value is -1.26. The molecule has 0 unspecified atom stereocenters. The minimum Gasteiger partial charge on any atom is -0.508 e. The van der Waals surface area contributed by atoms with E-state index in [9.17, 15) is 9.90 Å². The number of unbranched alkanes of at least 4 members (excludes halogenated alkanes) is 2. The van der Waals surface area contributed by atoms with E-state index in [4.69, 9.17) is 4.74 Å². The van der Waals surface area contributed by atoms with Crippen molar-refractivity contribution in [3.63, 3.8) is 0 Å². The maximum atomic E-state index is 11.8. The Bertz CT molecular complexity index is 415. The van der Waals surface area contributed by atoms with Gasteiger partial charge in [-0.1, -0.05) is 26.7 Å². The quantitative estimate of drug-likeness (QED) is 0.481. The van der Waals surface area contributed by atoms with Crippen molar-refractivity contribution in [2.24, 2.45) is 0 Å². The van der Waals surface area contributed by atoms with Gasteiger partial charge in [0.05, 0.1) is 12.2 Å². The molecule has 0 spiro atoms. The Morgan fingerprint density at radius 2 is 1.52 bits per heavy atom. The van der Waals surface area contributed by atoms with Crippen molar-refractivity contribution >= 4 is 18.4 Å². The number of halogens is 1. The lowest BCUT2D eigenvalue weighted by Crippen LogP contribution is -2.28. The van der Waals surface area contributed by atoms with Crippen molar-refractivity contribution in [1.29, 1.82) is 0 Å². The Kier molecular flexibility index (Phi) is 12.5. The molecule has 0 bridgehead atoms. The lowest BCUT2D eigenvalue weighted by molar-refractivity contribution is 0.0487. The van der Waals surface area contributed by atoms with Gasteiger partial charge in [-0.2, -0.15) is 0 Å². The minimum atomic E-state index is -0.325. The van der Waals surface area contributed by atoms with Crippen LogP contribution >= 0.6 is 12.4 Å². The standard InChI is InChI=1S/C18H29NO3.ClH/c1-3-5-12-19(13-6-4-2)14-7-15-22-18(21)16-8-10-17(20)11-9-16;/h8-11,20H,3-7,12-15H2,1-2H3;1H. The summed E-state index contributed by atoms with van der Waals surface area (Å²) >= 11 is 0. The van der Waals surface area contributed by atoms with Gasteiger partial charge >= 0.3 is 5.97 Å². The normalized spacial score (nSPS) is 10.4. The molecule has 1 aromatic rings. The van der Waals surface area contributed by atoms with Gasteiger partial charge in [0.25, 0.3) is 0 Å². The molecule has 0 atom stereocenters. The first-order valence-corrected chi connectivity index (χ1v) is 8.35. The van der Waals surface area contributed by atoms with E-state index >= 15 is 0 Å². The predicted octanol–water partition coefficient (Wildman–Crippen LogP) is 4.26. The van der Waals surface area contributed by atoms with Crippen LogP contribution in [0.4, 0.5) is 0 Å². The molecule has 23 heavy (non-hydrogen) atoms. The first-order valence-electron chi connectivity index (χ1n) is 8.35. The first kappa shape index (κ1) is 21.7. The second-order valence-corrected chi connectivity index (χ2v) is 5.59. The van der Waals surface area contributed by atoms with Crippen LogP contribution in [-0.2, 0) is 4.74 Å². The number of phenolic OH excluding ortho intramolecular Hbond substituents is 1. The van der Waals surface area contributed by atoms with Crippen molar-refractivity contribution < 1.29 is 14.6 Å². The van der Waals surface area contributed by atoms with E-state index < -0.39 is 0 Å². The van der Waals surface area contributed by atoms with Crippen LogP contribution in [0.1, 0.15) is 56.3 Å². The number of phenols is 1. The third-order valence-electron chi connectivity index (χ3n) is 3.61. The lowest BCUT2D eigenvalue weighted by atomic mass is 10.2. The number of hydrogen-bond donors (Lipinski definition) is 1. The molecule has 0 saturated heterocycles. The molecule has 132 valence electrons. The third kappa shape index (κ3) is 9.47. The van der Waals surface area contributed by atoms with E-state index in [0.29, 0.717) is 12.2 Å². The highest BCUT2D eigenvalue weighted by atomic mass is 35.5. The monoisotopic (exact) mass is 343 g/mol. The highest BCUT2D eigenvalue weighted by Gasteiger charge is 2.08.